The van der Waals surface area contributed by atoms with E-state index in [4.69, 9.17) is 15.9 Å². The quantitative estimate of drug-likeness (QED) is 0.239. The summed E-state index contributed by atoms with van der Waals surface area (Å²) in [6, 6.07) is 11.9. The topological polar surface area (TPSA) is 95.5 Å². The molecule has 196 valence electrons. The summed E-state index contributed by atoms with van der Waals surface area (Å²) in [6.07, 6.45) is 5.04. The smallest absolute Gasteiger partial charge is 0.320 e. The first-order chi connectivity index (χ1) is 16.8. The summed E-state index contributed by atoms with van der Waals surface area (Å²) >= 11 is 0. The molecule has 0 amide bonds. The number of esters is 1. The second-order valence-corrected chi connectivity index (χ2v) is 8.35. The lowest BCUT2D eigenvalue weighted by Crippen LogP contribution is -2.25. The third-order valence-corrected chi connectivity index (χ3v) is 4.73. The van der Waals surface area contributed by atoms with Crippen molar-refractivity contribution in [2.75, 3.05) is 51.0 Å². The molecule has 0 bridgehead atoms. The Balaban J connectivity index is 0.000000870. The minimum atomic E-state index is -0.196. The molecule has 0 atom stereocenters. The van der Waals surface area contributed by atoms with E-state index in [1.54, 1.807) is 4.90 Å². The van der Waals surface area contributed by atoms with Crippen LogP contribution >= 0.6 is 0 Å². The average Bonchev–Trinajstić information content (AvgIpc) is 2.82. The molecule has 0 saturated heterocycles. The zero-order valence-electron chi connectivity index (χ0n) is 22.9. The highest BCUT2D eigenvalue weighted by Gasteiger charge is 2.09. The number of carbonyl (C=O) groups is 1. The number of hydrogen-bond donors (Lipinski definition) is 2. The van der Waals surface area contributed by atoms with Gasteiger partial charge in [-0.25, -0.2) is 4.98 Å². The van der Waals surface area contributed by atoms with Crippen LogP contribution in [0.3, 0.4) is 0 Å². The third-order valence-electron chi connectivity index (χ3n) is 4.73. The summed E-state index contributed by atoms with van der Waals surface area (Å²) in [5.41, 5.74) is 10.2. The van der Waals surface area contributed by atoms with Gasteiger partial charge in [-0.1, -0.05) is 57.5 Å². The van der Waals surface area contributed by atoms with Gasteiger partial charge in [0.1, 0.15) is 5.82 Å². The normalized spacial score (nSPS) is 9.94. The van der Waals surface area contributed by atoms with Crippen LogP contribution in [0.2, 0.25) is 0 Å². The molecule has 0 aliphatic carbocycles. The van der Waals surface area contributed by atoms with Crippen molar-refractivity contribution in [1.29, 1.82) is 5.41 Å². The number of hydrogen-bond acceptors (Lipinski definition) is 7. The molecule has 2 aromatic rings. The largest absolute Gasteiger partial charge is 0.465 e. The molecule has 0 saturated carbocycles. The van der Waals surface area contributed by atoms with Crippen molar-refractivity contribution < 1.29 is 9.53 Å². The first-order valence-corrected chi connectivity index (χ1v) is 12.7. The fourth-order valence-electron chi connectivity index (χ4n) is 3.32. The summed E-state index contributed by atoms with van der Waals surface area (Å²) in [6.45, 7) is 13.1. The van der Waals surface area contributed by atoms with Gasteiger partial charge in [0.05, 0.1) is 13.2 Å². The number of pyridine rings is 1. The Hall–Kier alpha value is -2.93. The maximum Gasteiger partial charge on any atom is 0.320 e. The fourth-order valence-corrected chi connectivity index (χ4v) is 3.32. The molecule has 3 N–H and O–H groups in total. The van der Waals surface area contributed by atoms with Crippen molar-refractivity contribution in [1.82, 2.24) is 9.88 Å². The minimum Gasteiger partial charge on any atom is -0.465 e. The van der Waals surface area contributed by atoms with E-state index in [2.05, 4.69) is 29.8 Å². The molecule has 0 aliphatic heterocycles. The summed E-state index contributed by atoms with van der Waals surface area (Å²) in [5, 5.41) is 6.92. The number of carbonyl (C=O) groups excluding carboxylic acids is 1. The van der Waals surface area contributed by atoms with E-state index in [0.717, 1.165) is 55.7 Å². The molecular formula is C28H47N5O2. The van der Waals surface area contributed by atoms with Gasteiger partial charge < -0.3 is 20.8 Å². The van der Waals surface area contributed by atoms with Gasteiger partial charge in [0, 0.05) is 36.8 Å². The van der Waals surface area contributed by atoms with Crippen LogP contribution in [-0.4, -0.2) is 62.4 Å². The minimum absolute atomic E-state index is 0.196. The number of nitrogen functional groups attached to an aromatic ring is 1. The second kappa shape index (κ2) is 19.4. The predicted octanol–water partition coefficient (Wildman–Crippen LogP) is 5.35. The summed E-state index contributed by atoms with van der Waals surface area (Å²) in [7, 11) is 3.69. The molecular weight excluding hydrogens is 438 g/mol. The zero-order chi connectivity index (χ0) is 26.6. The summed E-state index contributed by atoms with van der Waals surface area (Å²) in [4.78, 5) is 20.0. The van der Waals surface area contributed by atoms with Gasteiger partial charge in [-0.3, -0.25) is 9.69 Å². The Kier molecular flexibility index (Phi) is 17.8. The number of nitrogens with zero attached hydrogens (tertiary/aromatic N) is 3. The molecule has 0 fully saturated rings. The Morgan fingerprint density at radius 3 is 2.29 bits per heavy atom. The molecule has 0 aliphatic rings. The number of ether oxygens (including phenoxy) is 1. The van der Waals surface area contributed by atoms with Gasteiger partial charge in [-0.2, -0.15) is 0 Å². The Bertz CT molecular complexity index is 849. The van der Waals surface area contributed by atoms with E-state index >= 15 is 0 Å². The van der Waals surface area contributed by atoms with E-state index in [9.17, 15) is 4.79 Å². The highest BCUT2D eigenvalue weighted by Crippen LogP contribution is 2.20. The van der Waals surface area contributed by atoms with Crippen molar-refractivity contribution >= 4 is 23.7 Å². The maximum atomic E-state index is 11.5. The highest BCUT2D eigenvalue weighted by atomic mass is 16.5. The fraction of sp³-hybridized carbons (Fsp3) is 0.536. The molecule has 1 heterocycles. The summed E-state index contributed by atoms with van der Waals surface area (Å²) in [5.74, 6) is 0.350. The number of anilines is 2. The number of aromatic nitrogens is 1. The van der Waals surface area contributed by atoms with Crippen molar-refractivity contribution in [2.45, 2.75) is 60.3 Å². The van der Waals surface area contributed by atoms with Gasteiger partial charge in [0.15, 0.2) is 0 Å². The van der Waals surface area contributed by atoms with Gasteiger partial charge in [-0.05, 0) is 58.3 Å². The van der Waals surface area contributed by atoms with Crippen LogP contribution in [0.4, 0.5) is 11.5 Å². The van der Waals surface area contributed by atoms with Crippen molar-refractivity contribution in [3.8, 4) is 0 Å². The molecule has 7 nitrogen and oxygen atoms in total. The number of nitrogens with two attached hydrogens (primary N) is 1. The van der Waals surface area contributed by atoms with Crippen LogP contribution in [-0.2, 0) is 16.0 Å². The van der Waals surface area contributed by atoms with Crippen LogP contribution in [0.1, 0.15) is 63.8 Å². The second-order valence-electron chi connectivity index (χ2n) is 8.35. The van der Waals surface area contributed by atoms with Gasteiger partial charge in [-0.15, -0.1) is 0 Å². The third kappa shape index (κ3) is 14.8. The number of benzene rings is 1. The number of rotatable bonds is 12. The zero-order valence-corrected chi connectivity index (χ0v) is 22.9. The van der Waals surface area contributed by atoms with Crippen LogP contribution in [0.25, 0.3) is 0 Å². The molecule has 7 heteroatoms. The number of likely N-dealkylation sites (N-methyl/N-ethyl adjacent to an activating group) is 1. The Morgan fingerprint density at radius 2 is 1.77 bits per heavy atom. The lowest BCUT2D eigenvalue weighted by Gasteiger charge is -2.24. The van der Waals surface area contributed by atoms with Crippen LogP contribution in [0.15, 0.2) is 36.4 Å². The molecule has 0 radical (unpaired) electrons. The van der Waals surface area contributed by atoms with Gasteiger partial charge in [0.25, 0.3) is 0 Å². The van der Waals surface area contributed by atoms with Crippen LogP contribution in [0, 0.1) is 12.3 Å². The predicted molar refractivity (Wildman–Crippen MR) is 150 cm³/mol. The van der Waals surface area contributed by atoms with Crippen LogP contribution < -0.4 is 10.6 Å². The molecule has 0 spiro atoms. The lowest BCUT2D eigenvalue weighted by atomic mass is 10.2. The molecule has 2 rings (SSSR count). The Labute approximate surface area is 213 Å². The van der Waals surface area contributed by atoms with E-state index in [-0.39, 0.29) is 5.97 Å². The standard InChI is InChI=1S/C18H32N4O2.C8H9N.C2H6/c1-5-9-22(10-6-2)16-12-15(20-17(19)13-16)8-7-11-24-18(23)14-21(3)4;1-7-3-2-4-8(5-7)6-9;1-2/h12-13H,5-11,14H2,1-4H3,(H2,19,20);2-6,9H,1H3;1-2H3. The molecule has 1 aromatic heterocycles. The summed E-state index contributed by atoms with van der Waals surface area (Å²) < 4.78 is 5.21. The van der Waals surface area contributed by atoms with E-state index < -0.39 is 0 Å². The monoisotopic (exact) mass is 485 g/mol. The van der Waals surface area contributed by atoms with E-state index in [0.29, 0.717) is 19.0 Å². The SMILES string of the molecule is CC.CCCN(CCC)c1cc(N)nc(CCCOC(=O)CN(C)C)c1.Cc1cccc(C=N)c1. The average molecular weight is 486 g/mol. The van der Waals surface area contributed by atoms with Gasteiger partial charge in [0.2, 0.25) is 0 Å². The maximum absolute atomic E-state index is 11.5. The van der Waals surface area contributed by atoms with Crippen LogP contribution in [0.5, 0.6) is 0 Å². The van der Waals surface area contributed by atoms with E-state index in [1.165, 1.54) is 11.8 Å². The van der Waals surface area contributed by atoms with E-state index in [1.807, 2.05) is 65.2 Å². The van der Waals surface area contributed by atoms with Crippen molar-refractivity contribution in [2.24, 2.45) is 0 Å². The van der Waals surface area contributed by atoms with Crippen molar-refractivity contribution in [3.63, 3.8) is 0 Å². The highest BCUT2D eigenvalue weighted by molar-refractivity contribution is 5.77. The molecule has 35 heavy (non-hydrogen) atoms. The Morgan fingerprint density at radius 1 is 1.11 bits per heavy atom. The van der Waals surface area contributed by atoms with Gasteiger partial charge >= 0.3 is 5.97 Å². The lowest BCUT2D eigenvalue weighted by molar-refractivity contribution is -0.144. The molecule has 1 aromatic carbocycles. The number of aryl methyl sites for hydroxylation is 2. The molecule has 0 unspecified atom stereocenters. The van der Waals surface area contributed by atoms with Crippen molar-refractivity contribution in [3.05, 3.63) is 53.2 Å². The number of nitrogens with one attached hydrogen (secondary N) is 1. The first-order valence-electron chi connectivity index (χ1n) is 12.7. The first kappa shape index (κ1) is 32.1.